The third-order valence-electron chi connectivity index (χ3n) is 3.79. The first-order valence-corrected chi connectivity index (χ1v) is 7.74. The van der Waals surface area contributed by atoms with Gasteiger partial charge in [-0.05, 0) is 32.0 Å². The van der Waals surface area contributed by atoms with Gasteiger partial charge in [-0.25, -0.2) is 0 Å². The van der Waals surface area contributed by atoms with Crippen LogP contribution in [0.1, 0.15) is 38.8 Å². The van der Waals surface area contributed by atoms with Gasteiger partial charge in [0.15, 0.2) is 0 Å². The molecule has 0 amide bonds. The number of ether oxygens (including phenoxy) is 1. The molecule has 0 aliphatic rings. The van der Waals surface area contributed by atoms with Crippen LogP contribution >= 0.6 is 0 Å². The molecule has 1 N–H and O–H groups in total. The molecule has 0 radical (unpaired) electrons. The number of benzene rings is 1. The summed E-state index contributed by atoms with van der Waals surface area (Å²) in [4.78, 5) is 2.48. The number of nitrogens with one attached hydrogen (secondary N) is 1. The molecule has 0 aliphatic carbocycles. The van der Waals surface area contributed by atoms with Crippen LogP contribution in [0, 0.1) is 0 Å². The highest BCUT2D eigenvalue weighted by atomic mass is 16.5. The molecule has 0 saturated carbocycles. The van der Waals surface area contributed by atoms with Crippen LogP contribution in [0.3, 0.4) is 0 Å². The normalized spacial score (nSPS) is 14.4. The molecule has 1 rings (SSSR count). The maximum Gasteiger partial charge on any atom is 0.0615 e. The van der Waals surface area contributed by atoms with Gasteiger partial charge in [0.25, 0.3) is 0 Å². The average Bonchev–Trinajstić information content (AvgIpc) is 2.48. The minimum Gasteiger partial charge on any atom is -0.383 e. The number of nitrogens with zero attached hydrogens (tertiary/aromatic N) is 1. The Morgan fingerprint density at radius 1 is 1.20 bits per heavy atom. The van der Waals surface area contributed by atoms with Crippen LogP contribution in [0.5, 0.6) is 0 Å². The van der Waals surface area contributed by atoms with Gasteiger partial charge in [0.1, 0.15) is 0 Å². The number of hydrogen-bond donors (Lipinski definition) is 1. The topological polar surface area (TPSA) is 24.5 Å². The minimum absolute atomic E-state index is 0.435. The van der Waals surface area contributed by atoms with Crippen molar-refractivity contribution in [3.8, 4) is 0 Å². The van der Waals surface area contributed by atoms with E-state index in [1.54, 1.807) is 7.11 Å². The predicted molar refractivity (Wildman–Crippen MR) is 86.1 cm³/mol. The van der Waals surface area contributed by atoms with Crippen LogP contribution in [0.4, 0.5) is 0 Å². The number of rotatable bonds is 10. The Hall–Kier alpha value is -0.900. The van der Waals surface area contributed by atoms with Crippen LogP contribution in [-0.4, -0.2) is 44.3 Å². The fourth-order valence-electron chi connectivity index (χ4n) is 2.65. The molecule has 0 heterocycles. The lowest BCUT2D eigenvalue weighted by Crippen LogP contribution is -2.38. The monoisotopic (exact) mass is 278 g/mol. The van der Waals surface area contributed by atoms with E-state index in [-0.39, 0.29) is 0 Å². The maximum absolute atomic E-state index is 5.27. The Kier molecular flexibility index (Phi) is 8.51. The van der Waals surface area contributed by atoms with Crippen molar-refractivity contribution in [2.45, 2.75) is 39.3 Å². The zero-order valence-corrected chi connectivity index (χ0v) is 13.4. The lowest BCUT2D eigenvalue weighted by molar-refractivity contribution is 0.0997. The molecular weight excluding hydrogens is 248 g/mol. The highest BCUT2D eigenvalue weighted by Gasteiger charge is 2.15. The van der Waals surface area contributed by atoms with Crippen molar-refractivity contribution in [3.63, 3.8) is 0 Å². The molecule has 114 valence electrons. The lowest BCUT2D eigenvalue weighted by atomic mass is 10.0. The van der Waals surface area contributed by atoms with Crippen molar-refractivity contribution in [1.29, 1.82) is 0 Å². The molecular formula is C17H30N2O. The highest BCUT2D eigenvalue weighted by Crippen LogP contribution is 2.17. The van der Waals surface area contributed by atoms with Crippen LogP contribution in [-0.2, 0) is 4.74 Å². The quantitative estimate of drug-likeness (QED) is 0.712. The van der Waals surface area contributed by atoms with Gasteiger partial charge in [-0.3, -0.25) is 4.90 Å². The molecule has 0 bridgehead atoms. The van der Waals surface area contributed by atoms with E-state index in [2.05, 4.69) is 61.3 Å². The predicted octanol–water partition coefficient (Wildman–Crippen LogP) is 3.08. The van der Waals surface area contributed by atoms with E-state index in [1.807, 2.05) is 0 Å². The second kappa shape index (κ2) is 9.92. The van der Waals surface area contributed by atoms with Crippen LogP contribution in [0.25, 0.3) is 0 Å². The Morgan fingerprint density at radius 3 is 2.45 bits per heavy atom. The van der Waals surface area contributed by atoms with Crippen molar-refractivity contribution in [3.05, 3.63) is 35.9 Å². The van der Waals surface area contributed by atoms with E-state index in [1.165, 1.54) is 5.56 Å². The van der Waals surface area contributed by atoms with Crippen LogP contribution in [0.15, 0.2) is 30.3 Å². The van der Waals surface area contributed by atoms with Gasteiger partial charge in [0, 0.05) is 25.7 Å². The fourth-order valence-corrected chi connectivity index (χ4v) is 2.65. The second-order valence-corrected chi connectivity index (χ2v) is 5.24. The lowest BCUT2D eigenvalue weighted by Gasteiger charge is -2.29. The third-order valence-corrected chi connectivity index (χ3v) is 3.79. The number of methoxy groups -OCH3 is 1. The van der Waals surface area contributed by atoms with Crippen molar-refractivity contribution >= 4 is 0 Å². The highest BCUT2D eigenvalue weighted by molar-refractivity contribution is 5.18. The van der Waals surface area contributed by atoms with E-state index < -0.39 is 0 Å². The van der Waals surface area contributed by atoms with Crippen molar-refractivity contribution in [2.75, 3.05) is 33.4 Å². The summed E-state index contributed by atoms with van der Waals surface area (Å²) in [7, 11) is 1.77. The van der Waals surface area contributed by atoms with Gasteiger partial charge < -0.3 is 10.1 Å². The molecule has 3 heteroatoms. The molecule has 2 unspecified atom stereocenters. The summed E-state index contributed by atoms with van der Waals surface area (Å²) >= 11 is 0. The molecule has 1 aromatic rings. The molecule has 0 aliphatic heterocycles. The van der Waals surface area contributed by atoms with E-state index in [4.69, 9.17) is 4.74 Å². The van der Waals surface area contributed by atoms with Crippen LogP contribution in [0.2, 0.25) is 0 Å². The summed E-state index contributed by atoms with van der Waals surface area (Å²) in [6.07, 6.45) is 1.12. The Labute approximate surface area is 124 Å². The van der Waals surface area contributed by atoms with Crippen molar-refractivity contribution in [1.82, 2.24) is 10.2 Å². The second-order valence-electron chi connectivity index (χ2n) is 5.24. The summed E-state index contributed by atoms with van der Waals surface area (Å²) in [5.74, 6) is 0. The Bertz CT molecular complexity index is 342. The van der Waals surface area contributed by atoms with Gasteiger partial charge in [-0.15, -0.1) is 0 Å². The third kappa shape index (κ3) is 5.61. The first kappa shape index (κ1) is 17.2. The largest absolute Gasteiger partial charge is 0.383 e. The van der Waals surface area contributed by atoms with E-state index in [0.29, 0.717) is 12.1 Å². The van der Waals surface area contributed by atoms with Gasteiger partial charge in [-0.1, -0.05) is 44.2 Å². The summed E-state index contributed by atoms with van der Waals surface area (Å²) < 4.78 is 5.27. The Balaban J connectivity index is 2.57. The summed E-state index contributed by atoms with van der Waals surface area (Å²) in [5.41, 5.74) is 1.38. The number of likely N-dealkylation sites (N-methyl/N-ethyl adjacent to an activating group) is 1. The smallest absolute Gasteiger partial charge is 0.0615 e. The zero-order chi connectivity index (χ0) is 14.8. The SMILES string of the molecule is CCNC(CCN(CC)C(C)COC)c1ccccc1. The van der Waals surface area contributed by atoms with Crippen LogP contribution < -0.4 is 5.32 Å². The molecule has 3 nitrogen and oxygen atoms in total. The molecule has 1 aromatic carbocycles. The standard InChI is InChI=1S/C17H30N2O/c1-5-18-17(16-10-8-7-9-11-16)12-13-19(6-2)15(3)14-20-4/h7-11,15,17-18H,5-6,12-14H2,1-4H3. The number of hydrogen-bond acceptors (Lipinski definition) is 3. The van der Waals surface area contributed by atoms with E-state index in [0.717, 1.165) is 32.7 Å². The molecule has 20 heavy (non-hydrogen) atoms. The summed E-state index contributed by atoms with van der Waals surface area (Å²) in [6.45, 7) is 10.6. The summed E-state index contributed by atoms with van der Waals surface area (Å²) in [6, 6.07) is 11.6. The average molecular weight is 278 g/mol. The minimum atomic E-state index is 0.435. The van der Waals surface area contributed by atoms with E-state index in [9.17, 15) is 0 Å². The molecule has 2 atom stereocenters. The zero-order valence-electron chi connectivity index (χ0n) is 13.4. The van der Waals surface area contributed by atoms with Gasteiger partial charge in [0.2, 0.25) is 0 Å². The first-order valence-electron chi connectivity index (χ1n) is 7.74. The first-order chi connectivity index (χ1) is 9.72. The summed E-state index contributed by atoms with van der Waals surface area (Å²) in [5, 5.41) is 3.59. The molecule has 0 aromatic heterocycles. The van der Waals surface area contributed by atoms with Gasteiger partial charge >= 0.3 is 0 Å². The maximum atomic E-state index is 5.27. The van der Waals surface area contributed by atoms with Crippen molar-refractivity contribution < 1.29 is 4.74 Å². The Morgan fingerprint density at radius 2 is 1.90 bits per heavy atom. The van der Waals surface area contributed by atoms with Gasteiger partial charge in [-0.2, -0.15) is 0 Å². The molecule has 0 fully saturated rings. The van der Waals surface area contributed by atoms with Crippen molar-refractivity contribution in [2.24, 2.45) is 0 Å². The molecule has 0 spiro atoms. The molecule has 0 saturated heterocycles. The fraction of sp³-hybridized carbons (Fsp3) is 0.647. The van der Waals surface area contributed by atoms with Gasteiger partial charge in [0.05, 0.1) is 6.61 Å². The van der Waals surface area contributed by atoms with E-state index >= 15 is 0 Å².